The van der Waals surface area contributed by atoms with Gasteiger partial charge < -0.3 is 19.9 Å². The molecular weight excluding hydrogens is 354 g/mol. The predicted molar refractivity (Wildman–Crippen MR) is 104 cm³/mol. The first-order chi connectivity index (χ1) is 13.5. The Balaban J connectivity index is 0.000000330. The van der Waals surface area contributed by atoms with Crippen molar-refractivity contribution in [1.82, 2.24) is 0 Å². The van der Waals surface area contributed by atoms with Crippen LogP contribution in [-0.4, -0.2) is 37.2 Å². The number of rotatable bonds is 2. The van der Waals surface area contributed by atoms with Crippen molar-refractivity contribution >= 4 is 11.9 Å². The van der Waals surface area contributed by atoms with Crippen LogP contribution in [0, 0.1) is 5.92 Å². The van der Waals surface area contributed by atoms with Gasteiger partial charge in [-0.1, -0.05) is 48.5 Å². The summed E-state index contributed by atoms with van der Waals surface area (Å²) in [7, 11) is 2.34. The van der Waals surface area contributed by atoms with Crippen LogP contribution in [0.1, 0.15) is 41.0 Å². The summed E-state index contributed by atoms with van der Waals surface area (Å²) in [6.45, 7) is 2.70. The normalized spacial score (nSPS) is 20.9. The molecule has 2 unspecified atom stereocenters. The Kier molecular flexibility index (Phi) is 6.47. The van der Waals surface area contributed by atoms with Crippen molar-refractivity contribution in [2.24, 2.45) is 5.92 Å². The molecular formula is C23H27NO4. The molecule has 2 aromatic rings. The van der Waals surface area contributed by atoms with Gasteiger partial charge in [0.05, 0.1) is 20.1 Å². The van der Waals surface area contributed by atoms with Gasteiger partial charge in [-0.2, -0.15) is 0 Å². The monoisotopic (exact) mass is 381 g/mol. The minimum Gasteiger partial charge on any atom is -0.539 e. The molecule has 2 aliphatic rings. The quantitative estimate of drug-likeness (QED) is 0.749. The molecule has 2 atom stereocenters. The third-order valence-electron chi connectivity index (χ3n) is 5.88. The number of carboxylic acids is 2. The number of likely N-dealkylation sites (tertiary alicyclic amines) is 1. The van der Waals surface area contributed by atoms with Gasteiger partial charge in [0.15, 0.2) is 5.97 Å². The van der Waals surface area contributed by atoms with Crippen LogP contribution < -0.4 is 10.0 Å². The fourth-order valence-electron chi connectivity index (χ4n) is 4.58. The first kappa shape index (κ1) is 20.1. The van der Waals surface area contributed by atoms with Crippen LogP contribution in [0.5, 0.6) is 0 Å². The van der Waals surface area contributed by atoms with Crippen LogP contribution in [0.4, 0.5) is 0 Å². The van der Waals surface area contributed by atoms with Crippen molar-refractivity contribution in [3.63, 3.8) is 0 Å². The fourth-order valence-corrected chi connectivity index (χ4v) is 4.58. The third-order valence-corrected chi connectivity index (χ3v) is 5.88. The third kappa shape index (κ3) is 4.78. The van der Waals surface area contributed by atoms with Crippen LogP contribution >= 0.6 is 0 Å². The van der Waals surface area contributed by atoms with E-state index in [1.165, 1.54) is 38.8 Å². The van der Waals surface area contributed by atoms with Gasteiger partial charge in [-0.05, 0) is 41.5 Å². The van der Waals surface area contributed by atoms with Crippen LogP contribution in [0.2, 0.25) is 0 Å². The number of carbonyl (C=O) groups excluding carboxylic acids is 1. The van der Waals surface area contributed by atoms with E-state index in [4.69, 9.17) is 19.8 Å². The molecule has 1 aliphatic heterocycles. The second kappa shape index (κ2) is 9.02. The predicted octanol–water partition coefficient (Wildman–Crippen LogP) is 0.663. The summed E-state index contributed by atoms with van der Waals surface area (Å²) in [6, 6.07) is 18.3. The molecule has 28 heavy (non-hydrogen) atoms. The molecule has 1 saturated heterocycles. The summed E-state index contributed by atoms with van der Waals surface area (Å²) in [5, 5.41) is 16.3. The molecule has 1 fully saturated rings. The Morgan fingerprint density at radius 2 is 1.54 bits per heavy atom. The Morgan fingerprint density at radius 1 is 1.04 bits per heavy atom. The Hall–Kier alpha value is -2.66. The van der Waals surface area contributed by atoms with E-state index >= 15 is 0 Å². The van der Waals surface area contributed by atoms with Gasteiger partial charge in [0, 0.05) is 18.3 Å². The average Bonchev–Trinajstić information content (AvgIpc) is 3.03. The second-order valence-electron chi connectivity index (χ2n) is 7.84. The first-order valence-electron chi connectivity index (χ1n) is 9.87. The SMILES string of the molecule is C[NH+]1CCC(CC2c3ccccc3CCc3ccccc32)C1.O=C([O-])C(=O)O. The van der Waals surface area contributed by atoms with E-state index in [1.807, 2.05) is 0 Å². The molecule has 0 radical (unpaired) electrons. The number of fused-ring (bicyclic) bond motifs is 2. The van der Waals surface area contributed by atoms with Crippen LogP contribution in [-0.2, 0) is 22.4 Å². The highest BCUT2D eigenvalue weighted by Crippen LogP contribution is 2.38. The zero-order valence-electron chi connectivity index (χ0n) is 16.2. The standard InChI is InChI=1S/C21H25N.C2H2O4/c1-22-13-12-16(15-22)14-21-19-8-4-2-6-17(19)10-11-18-7-3-5-9-20(18)21;3-1(4)2(5)6/h2-9,16,21H,10-15H2,1H3;(H,3,4)(H,5,6). The van der Waals surface area contributed by atoms with Crippen LogP contribution in [0.15, 0.2) is 48.5 Å². The summed E-state index contributed by atoms with van der Waals surface area (Å²) in [6.07, 6.45) is 5.11. The summed E-state index contributed by atoms with van der Waals surface area (Å²) >= 11 is 0. The van der Waals surface area contributed by atoms with Gasteiger partial charge in [-0.3, -0.25) is 0 Å². The highest BCUT2D eigenvalue weighted by atomic mass is 16.4. The molecule has 2 aromatic carbocycles. The van der Waals surface area contributed by atoms with Crippen molar-refractivity contribution in [3.05, 3.63) is 70.8 Å². The number of nitrogens with one attached hydrogen (secondary N) is 1. The van der Waals surface area contributed by atoms with Crippen LogP contribution in [0.3, 0.4) is 0 Å². The molecule has 4 rings (SSSR count). The molecule has 5 nitrogen and oxygen atoms in total. The number of quaternary nitrogens is 1. The van der Waals surface area contributed by atoms with Crippen molar-refractivity contribution in [2.45, 2.75) is 31.6 Å². The van der Waals surface area contributed by atoms with Crippen molar-refractivity contribution in [3.8, 4) is 0 Å². The lowest BCUT2D eigenvalue weighted by Gasteiger charge is -2.22. The highest BCUT2D eigenvalue weighted by Gasteiger charge is 2.30. The lowest BCUT2D eigenvalue weighted by Crippen LogP contribution is -3.07. The second-order valence-corrected chi connectivity index (χ2v) is 7.84. The summed E-state index contributed by atoms with van der Waals surface area (Å²) < 4.78 is 0. The highest BCUT2D eigenvalue weighted by molar-refractivity contribution is 6.26. The largest absolute Gasteiger partial charge is 0.539 e. The van der Waals surface area contributed by atoms with E-state index in [0.717, 1.165) is 5.92 Å². The van der Waals surface area contributed by atoms with E-state index in [-0.39, 0.29) is 0 Å². The number of aliphatic carboxylic acids is 2. The molecule has 1 aliphatic carbocycles. The molecule has 1 heterocycles. The number of carbonyl (C=O) groups is 2. The maximum absolute atomic E-state index is 9.04. The van der Waals surface area contributed by atoms with Gasteiger partial charge in [0.1, 0.15) is 0 Å². The minimum absolute atomic E-state index is 0.603. The molecule has 0 spiro atoms. The number of hydrogen-bond acceptors (Lipinski definition) is 3. The molecule has 5 heteroatoms. The summed E-state index contributed by atoms with van der Waals surface area (Å²) in [4.78, 5) is 19.7. The van der Waals surface area contributed by atoms with Crippen molar-refractivity contribution < 1.29 is 24.7 Å². The molecule has 0 saturated carbocycles. The first-order valence-corrected chi connectivity index (χ1v) is 9.87. The lowest BCUT2D eigenvalue weighted by molar-refractivity contribution is -0.867. The van der Waals surface area contributed by atoms with Crippen LogP contribution in [0.25, 0.3) is 0 Å². The van der Waals surface area contributed by atoms with Crippen molar-refractivity contribution in [2.75, 3.05) is 20.1 Å². The lowest BCUT2D eigenvalue weighted by atomic mass is 9.81. The van der Waals surface area contributed by atoms with Crippen molar-refractivity contribution in [1.29, 1.82) is 0 Å². The molecule has 0 aromatic heterocycles. The summed E-state index contributed by atoms with van der Waals surface area (Å²) in [5.41, 5.74) is 6.33. The topological polar surface area (TPSA) is 81.9 Å². The van der Waals surface area contributed by atoms with Gasteiger partial charge in [0.25, 0.3) is 0 Å². The zero-order chi connectivity index (χ0) is 20.1. The fraction of sp³-hybridized carbons (Fsp3) is 0.391. The van der Waals surface area contributed by atoms with E-state index in [0.29, 0.717) is 5.92 Å². The summed E-state index contributed by atoms with van der Waals surface area (Å²) in [5.74, 6) is -2.53. The van der Waals surface area contributed by atoms with E-state index in [9.17, 15) is 0 Å². The number of carboxylic acid groups (broad SMARTS) is 2. The van der Waals surface area contributed by atoms with E-state index in [2.05, 4.69) is 55.6 Å². The Morgan fingerprint density at radius 3 is 1.96 bits per heavy atom. The maximum Gasteiger partial charge on any atom is 0.351 e. The van der Waals surface area contributed by atoms with E-state index in [1.54, 1.807) is 27.2 Å². The zero-order valence-corrected chi connectivity index (χ0v) is 16.2. The molecule has 0 amide bonds. The molecule has 148 valence electrons. The smallest absolute Gasteiger partial charge is 0.351 e. The minimum atomic E-state index is -2.07. The maximum atomic E-state index is 9.04. The average molecular weight is 381 g/mol. The Bertz CT molecular complexity index is 789. The number of hydrogen-bond donors (Lipinski definition) is 2. The Labute approximate surface area is 165 Å². The molecule has 0 bridgehead atoms. The van der Waals surface area contributed by atoms with Gasteiger partial charge in [-0.15, -0.1) is 0 Å². The number of aryl methyl sites for hydroxylation is 2. The van der Waals surface area contributed by atoms with Gasteiger partial charge >= 0.3 is 5.97 Å². The molecule has 2 N–H and O–H groups in total. The van der Waals surface area contributed by atoms with Gasteiger partial charge in [0.2, 0.25) is 0 Å². The number of benzene rings is 2. The van der Waals surface area contributed by atoms with E-state index < -0.39 is 11.9 Å². The van der Waals surface area contributed by atoms with Gasteiger partial charge in [-0.25, -0.2) is 4.79 Å².